The summed E-state index contributed by atoms with van der Waals surface area (Å²) in [6.07, 6.45) is 1.39. The molecule has 5 nitrogen and oxygen atoms in total. The van der Waals surface area contributed by atoms with Crippen molar-refractivity contribution >= 4 is 29.9 Å². The Balaban J connectivity index is 0.00000261. The number of ether oxygens (including phenoxy) is 1. The van der Waals surface area contributed by atoms with E-state index in [0.717, 1.165) is 45.3 Å². The lowest BCUT2D eigenvalue weighted by Crippen LogP contribution is -2.48. The van der Waals surface area contributed by atoms with E-state index in [1.54, 1.807) is 0 Å². The first-order valence-corrected chi connectivity index (χ1v) is 10.1. The van der Waals surface area contributed by atoms with Crippen LogP contribution in [0.5, 0.6) is 0 Å². The molecule has 2 saturated heterocycles. The Morgan fingerprint density at radius 1 is 1.22 bits per heavy atom. The minimum atomic E-state index is 0. The molecule has 3 rings (SSSR count). The van der Waals surface area contributed by atoms with Crippen molar-refractivity contribution in [3.8, 4) is 0 Å². The molecule has 1 aromatic carbocycles. The van der Waals surface area contributed by atoms with Crippen LogP contribution < -0.4 is 5.32 Å². The third kappa shape index (κ3) is 6.06. The number of hydrogen-bond acceptors (Lipinski definition) is 3. The summed E-state index contributed by atoms with van der Waals surface area (Å²) in [4.78, 5) is 9.88. The first-order valence-electron chi connectivity index (χ1n) is 10.1. The summed E-state index contributed by atoms with van der Waals surface area (Å²) < 4.78 is 6.08. The zero-order valence-electron chi connectivity index (χ0n) is 17.0. The number of guanidine groups is 1. The first-order chi connectivity index (χ1) is 12.7. The van der Waals surface area contributed by atoms with Crippen LogP contribution in [0.4, 0.5) is 0 Å². The van der Waals surface area contributed by atoms with Gasteiger partial charge in [0.2, 0.25) is 0 Å². The van der Waals surface area contributed by atoms with E-state index in [2.05, 4.69) is 60.2 Å². The van der Waals surface area contributed by atoms with Crippen molar-refractivity contribution in [1.29, 1.82) is 0 Å². The minimum Gasteiger partial charge on any atom is -0.370 e. The summed E-state index contributed by atoms with van der Waals surface area (Å²) in [5, 5.41) is 3.49. The van der Waals surface area contributed by atoms with Gasteiger partial charge in [-0.1, -0.05) is 31.2 Å². The Hall–Kier alpha value is -0.860. The van der Waals surface area contributed by atoms with Crippen LogP contribution in [-0.4, -0.2) is 68.2 Å². The quantitative estimate of drug-likeness (QED) is 0.394. The van der Waals surface area contributed by atoms with E-state index in [4.69, 9.17) is 9.73 Å². The lowest BCUT2D eigenvalue weighted by molar-refractivity contribution is -0.00834. The number of halogens is 1. The molecule has 6 heteroatoms. The molecule has 2 aliphatic heterocycles. The monoisotopic (exact) mass is 486 g/mol. The van der Waals surface area contributed by atoms with Crippen LogP contribution in [0, 0.1) is 12.8 Å². The van der Waals surface area contributed by atoms with Gasteiger partial charge in [0.05, 0.1) is 13.2 Å². The zero-order valence-corrected chi connectivity index (χ0v) is 19.3. The molecule has 2 atom stereocenters. The summed E-state index contributed by atoms with van der Waals surface area (Å²) in [5.41, 5.74) is 2.59. The van der Waals surface area contributed by atoms with Gasteiger partial charge in [-0.05, 0) is 50.4 Å². The Kier molecular flexibility index (Phi) is 9.32. The molecule has 27 heavy (non-hydrogen) atoms. The molecule has 152 valence electrons. The number of likely N-dealkylation sites (tertiary alicyclic amines) is 1. The van der Waals surface area contributed by atoms with Crippen LogP contribution in [0.2, 0.25) is 0 Å². The van der Waals surface area contributed by atoms with Gasteiger partial charge in [-0.3, -0.25) is 4.99 Å². The van der Waals surface area contributed by atoms with Gasteiger partial charge in [0.15, 0.2) is 5.96 Å². The topological polar surface area (TPSA) is 40.1 Å². The molecule has 2 fully saturated rings. The van der Waals surface area contributed by atoms with E-state index in [1.165, 1.54) is 30.6 Å². The van der Waals surface area contributed by atoms with Crippen molar-refractivity contribution in [2.45, 2.75) is 33.3 Å². The molecule has 2 heterocycles. The maximum atomic E-state index is 6.08. The van der Waals surface area contributed by atoms with Crippen molar-refractivity contribution in [3.63, 3.8) is 0 Å². The molecule has 1 aromatic rings. The highest BCUT2D eigenvalue weighted by Gasteiger charge is 2.26. The number of hydrogen-bond donors (Lipinski definition) is 1. The predicted molar refractivity (Wildman–Crippen MR) is 123 cm³/mol. The number of nitrogens with zero attached hydrogens (tertiary/aromatic N) is 3. The van der Waals surface area contributed by atoms with Crippen molar-refractivity contribution in [3.05, 3.63) is 35.4 Å². The number of aryl methyl sites for hydroxylation is 1. The second-order valence-corrected chi connectivity index (χ2v) is 7.40. The summed E-state index contributed by atoms with van der Waals surface area (Å²) in [6, 6.07) is 8.54. The lowest BCUT2D eigenvalue weighted by atomic mass is 10.0. The van der Waals surface area contributed by atoms with Crippen molar-refractivity contribution < 1.29 is 4.74 Å². The Bertz CT molecular complexity index is 610. The van der Waals surface area contributed by atoms with Crippen molar-refractivity contribution in [2.24, 2.45) is 10.9 Å². The van der Waals surface area contributed by atoms with E-state index in [9.17, 15) is 0 Å². The zero-order chi connectivity index (χ0) is 18.4. The third-order valence-electron chi connectivity index (χ3n) is 5.55. The van der Waals surface area contributed by atoms with E-state index in [0.29, 0.717) is 5.92 Å². The van der Waals surface area contributed by atoms with Crippen molar-refractivity contribution in [1.82, 2.24) is 15.1 Å². The molecule has 2 aliphatic rings. The fourth-order valence-electron chi connectivity index (χ4n) is 3.97. The third-order valence-corrected chi connectivity index (χ3v) is 5.55. The first kappa shape index (κ1) is 22.4. The van der Waals surface area contributed by atoms with Gasteiger partial charge in [-0.15, -0.1) is 24.0 Å². The Morgan fingerprint density at radius 3 is 2.74 bits per heavy atom. The van der Waals surface area contributed by atoms with Crippen LogP contribution in [-0.2, 0) is 4.74 Å². The van der Waals surface area contributed by atoms with Crippen molar-refractivity contribution in [2.75, 3.05) is 52.4 Å². The van der Waals surface area contributed by atoms with E-state index < -0.39 is 0 Å². The van der Waals surface area contributed by atoms with Gasteiger partial charge in [0, 0.05) is 26.2 Å². The predicted octanol–water partition coefficient (Wildman–Crippen LogP) is 3.29. The van der Waals surface area contributed by atoms with Gasteiger partial charge in [0.1, 0.15) is 6.10 Å². The second-order valence-electron chi connectivity index (χ2n) is 7.40. The summed E-state index contributed by atoms with van der Waals surface area (Å²) >= 11 is 0. The van der Waals surface area contributed by atoms with Gasteiger partial charge < -0.3 is 19.9 Å². The van der Waals surface area contributed by atoms with E-state index in [1.807, 2.05) is 0 Å². The SMILES string of the molecule is CCNC(=NCC1CCN(CC)C1)N1CCOC(c2ccccc2C)C1.I. The summed E-state index contributed by atoms with van der Waals surface area (Å²) in [7, 11) is 0. The molecule has 1 N–H and O–H groups in total. The molecule has 0 radical (unpaired) electrons. The van der Waals surface area contributed by atoms with Crippen LogP contribution >= 0.6 is 24.0 Å². The Labute approximate surface area is 181 Å². The largest absolute Gasteiger partial charge is 0.370 e. The van der Waals surface area contributed by atoms with Gasteiger partial charge in [-0.2, -0.15) is 0 Å². The van der Waals surface area contributed by atoms with Crippen LogP contribution in [0.25, 0.3) is 0 Å². The highest BCUT2D eigenvalue weighted by Crippen LogP contribution is 2.25. The molecule has 0 spiro atoms. The number of morpholine rings is 1. The molecular formula is C21H35IN4O. The number of benzene rings is 1. The molecule has 2 unspecified atom stereocenters. The average molecular weight is 486 g/mol. The van der Waals surface area contributed by atoms with Gasteiger partial charge in [0.25, 0.3) is 0 Å². The molecular weight excluding hydrogens is 451 g/mol. The maximum absolute atomic E-state index is 6.08. The number of rotatable bonds is 5. The summed E-state index contributed by atoms with van der Waals surface area (Å²) in [6.45, 7) is 14.5. The van der Waals surface area contributed by atoms with Gasteiger partial charge in [-0.25, -0.2) is 0 Å². The fraction of sp³-hybridized carbons (Fsp3) is 0.667. The molecule has 0 saturated carbocycles. The number of aliphatic imine (C=N–C) groups is 1. The normalized spacial score (nSPS) is 24.0. The van der Waals surface area contributed by atoms with Gasteiger partial charge >= 0.3 is 0 Å². The molecule has 0 bridgehead atoms. The minimum absolute atomic E-state index is 0. The fourth-order valence-corrected chi connectivity index (χ4v) is 3.97. The average Bonchev–Trinajstić information content (AvgIpc) is 3.14. The highest BCUT2D eigenvalue weighted by atomic mass is 127. The van der Waals surface area contributed by atoms with Crippen LogP contribution in [0.15, 0.2) is 29.3 Å². The smallest absolute Gasteiger partial charge is 0.194 e. The standard InChI is InChI=1S/C21H34N4O.HI/c1-4-22-21(23-14-18-10-11-24(5-2)15-18)25-12-13-26-20(16-25)19-9-7-6-8-17(19)3;/h6-9,18,20H,4-5,10-16H2,1-3H3,(H,22,23);1H. The lowest BCUT2D eigenvalue weighted by Gasteiger charge is -2.36. The summed E-state index contributed by atoms with van der Waals surface area (Å²) in [5.74, 6) is 1.74. The maximum Gasteiger partial charge on any atom is 0.194 e. The van der Waals surface area contributed by atoms with Crippen LogP contribution in [0.1, 0.15) is 37.5 Å². The highest BCUT2D eigenvalue weighted by molar-refractivity contribution is 14.0. The Morgan fingerprint density at radius 2 is 2.04 bits per heavy atom. The van der Waals surface area contributed by atoms with E-state index in [-0.39, 0.29) is 30.1 Å². The number of nitrogens with one attached hydrogen (secondary N) is 1. The van der Waals surface area contributed by atoms with Crippen LogP contribution in [0.3, 0.4) is 0 Å². The molecule has 0 aromatic heterocycles. The van der Waals surface area contributed by atoms with E-state index >= 15 is 0 Å². The molecule has 0 aliphatic carbocycles. The second kappa shape index (κ2) is 11.2. The molecule has 0 amide bonds.